The summed E-state index contributed by atoms with van der Waals surface area (Å²) in [5.41, 5.74) is 3.75. The van der Waals surface area contributed by atoms with Crippen LogP contribution in [0.2, 0.25) is 0 Å². The molecule has 0 aliphatic heterocycles. The third kappa shape index (κ3) is 4.81. The average molecular weight is 250 g/mol. The van der Waals surface area contributed by atoms with E-state index in [-0.39, 0.29) is 11.3 Å². The van der Waals surface area contributed by atoms with E-state index in [4.69, 9.17) is 5.84 Å². The number of nitrogens with zero attached hydrogens (tertiary/aromatic N) is 2. The van der Waals surface area contributed by atoms with E-state index in [1.165, 1.54) is 0 Å². The van der Waals surface area contributed by atoms with E-state index in [0.29, 0.717) is 5.56 Å². The van der Waals surface area contributed by atoms with E-state index >= 15 is 0 Å². The highest BCUT2D eigenvalue weighted by atomic mass is 16.2. The summed E-state index contributed by atoms with van der Waals surface area (Å²) in [5.74, 6) is 4.73. The minimum atomic E-state index is -0.322. The van der Waals surface area contributed by atoms with Crippen molar-refractivity contribution in [2.45, 2.75) is 27.3 Å². The fourth-order valence-electron chi connectivity index (χ4n) is 1.88. The van der Waals surface area contributed by atoms with Crippen LogP contribution in [0, 0.1) is 5.41 Å². The number of nitrogens with one attached hydrogen (secondary N) is 1. The Morgan fingerprint density at radius 2 is 2.11 bits per heavy atom. The summed E-state index contributed by atoms with van der Waals surface area (Å²) in [5, 5.41) is 0. The standard InChI is InChI=1S/C13H22N4O/c1-13(2,3)9-17(4)8-11-6-5-10(7-15-11)12(18)16-14/h5-7H,8-9,14H2,1-4H3,(H,16,18). The number of nitrogen functional groups attached to an aromatic ring is 1. The fraction of sp³-hybridized carbons (Fsp3) is 0.538. The molecule has 5 nitrogen and oxygen atoms in total. The van der Waals surface area contributed by atoms with Gasteiger partial charge in [0.25, 0.3) is 5.91 Å². The predicted octanol–water partition coefficient (Wildman–Crippen LogP) is 1.16. The summed E-state index contributed by atoms with van der Waals surface area (Å²) in [6.45, 7) is 8.35. The number of hydrogen-bond donors (Lipinski definition) is 2. The SMILES string of the molecule is CN(Cc1ccc(C(=O)NN)cn1)CC(C)(C)C. The minimum absolute atomic E-state index is 0.258. The number of hydrogen-bond acceptors (Lipinski definition) is 4. The van der Waals surface area contributed by atoms with Gasteiger partial charge < -0.3 is 4.90 Å². The summed E-state index contributed by atoms with van der Waals surface area (Å²) in [4.78, 5) is 17.7. The average Bonchev–Trinajstić information content (AvgIpc) is 2.26. The molecular formula is C13H22N4O. The number of nitrogens with two attached hydrogens (primary N) is 1. The summed E-state index contributed by atoms with van der Waals surface area (Å²) >= 11 is 0. The van der Waals surface area contributed by atoms with E-state index < -0.39 is 0 Å². The maximum atomic E-state index is 11.2. The van der Waals surface area contributed by atoms with Crippen LogP contribution in [0.15, 0.2) is 18.3 Å². The molecule has 0 atom stereocenters. The second-order valence-corrected chi connectivity index (χ2v) is 5.74. The number of pyridine rings is 1. The molecular weight excluding hydrogens is 228 g/mol. The zero-order valence-corrected chi connectivity index (χ0v) is 11.5. The van der Waals surface area contributed by atoms with Crippen molar-refractivity contribution < 1.29 is 4.79 Å². The largest absolute Gasteiger partial charge is 0.300 e. The van der Waals surface area contributed by atoms with Crippen molar-refractivity contribution in [3.8, 4) is 0 Å². The van der Waals surface area contributed by atoms with Gasteiger partial charge >= 0.3 is 0 Å². The highest BCUT2D eigenvalue weighted by molar-refractivity contribution is 5.93. The van der Waals surface area contributed by atoms with E-state index in [2.05, 4.69) is 43.1 Å². The van der Waals surface area contributed by atoms with E-state index in [9.17, 15) is 4.79 Å². The Kier molecular flexibility index (Phi) is 4.81. The lowest BCUT2D eigenvalue weighted by Crippen LogP contribution is -2.30. The Morgan fingerprint density at radius 1 is 1.44 bits per heavy atom. The molecule has 0 aromatic carbocycles. The van der Waals surface area contributed by atoms with E-state index in [0.717, 1.165) is 18.8 Å². The fourth-order valence-corrected chi connectivity index (χ4v) is 1.88. The maximum absolute atomic E-state index is 11.2. The summed E-state index contributed by atoms with van der Waals surface area (Å²) in [6, 6.07) is 3.58. The molecule has 18 heavy (non-hydrogen) atoms. The number of carbonyl (C=O) groups is 1. The minimum Gasteiger partial charge on any atom is -0.300 e. The second-order valence-electron chi connectivity index (χ2n) is 5.74. The van der Waals surface area contributed by atoms with Crippen LogP contribution in [0.25, 0.3) is 0 Å². The van der Waals surface area contributed by atoms with Gasteiger partial charge in [-0.25, -0.2) is 5.84 Å². The highest BCUT2D eigenvalue weighted by Gasteiger charge is 2.14. The van der Waals surface area contributed by atoms with Gasteiger partial charge in [0.1, 0.15) is 0 Å². The van der Waals surface area contributed by atoms with Crippen LogP contribution < -0.4 is 11.3 Å². The molecule has 0 aliphatic rings. The Morgan fingerprint density at radius 3 is 2.56 bits per heavy atom. The first-order valence-electron chi connectivity index (χ1n) is 5.96. The predicted molar refractivity (Wildman–Crippen MR) is 71.7 cm³/mol. The van der Waals surface area contributed by atoms with Crippen LogP contribution in [0.4, 0.5) is 0 Å². The van der Waals surface area contributed by atoms with Crippen LogP contribution >= 0.6 is 0 Å². The topological polar surface area (TPSA) is 71.2 Å². The zero-order chi connectivity index (χ0) is 13.8. The highest BCUT2D eigenvalue weighted by Crippen LogP contribution is 2.15. The molecule has 0 fully saturated rings. The molecule has 0 aliphatic carbocycles. The van der Waals surface area contributed by atoms with Crippen molar-refractivity contribution in [3.63, 3.8) is 0 Å². The van der Waals surface area contributed by atoms with Gasteiger partial charge in [-0.2, -0.15) is 0 Å². The Bertz CT molecular complexity index is 394. The molecule has 0 saturated heterocycles. The zero-order valence-electron chi connectivity index (χ0n) is 11.5. The number of amides is 1. The molecule has 3 N–H and O–H groups in total. The van der Waals surface area contributed by atoms with Gasteiger partial charge in [-0.15, -0.1) is 0 Å². The molecule has 1 heterocycles. The first-order chi connectivity index (χ1) is 8.31. The smallest absolute Gasteiger partial charge is 0.266 e. The van der Waals surface area contributed by atoms with Crippen molar-refractivity contribution in [1.29, 1.82) is 0 Å². The van der Waals surface area contributed by atoms with Gasteiger partial charge in [0.15, 0.2) is 0 Å². The third-order valence-electron chi connectivity index (χ3n) is 2.39. The lowest BCUT2D eigenvalue weighted by Gasteiger charge is -2.26. The second kappa shape index (κ2) is 5.93. The summed E-state index contributed by atoms with van der Waals surface area (Å²) in [7, 11) is 2.06. The lowest BCUT2D eigenvalue weighted by atomic mass is 9.96. The van der Waals surface area contributed by atoms with Crippen molar-refractivity contribution in [3.05, 3.63) is 29.6 Å². The molecule has 100 valence electrons. The van der Waals surface area contributed by atoms with Crippen LogP contribution in [0.1, 0.15) is 36.8 Å². The van der Waals surface area contributed by atoms with Crippen molar-refractivity contribution >= 4 is 5.91 Å². The van der Waals surface area contributed by atoms with Gasteiger partial charge in [-0.05, 0) is 24.6 Å². The molecule has 0 saturated carbocycles. The molecule has 1 aromatic heterocycles. The lowest BCUT2D eigenvalue weighted by molar-refractivity contribution is 0.0953. The molecule has 1 rings (SSSR count). The normalized spacial score (nSPS) is 11.7. The number of aromatic nitrogens is 1. The van der Waals surface area contributed by atoms with E-state index in [1.807, 2.05) is 6.07 Å². The van der Waals surface area contributed by atoms with Gasteiger partial charge in [0.05, 0.1) is 11.3 Å². The van der Waals surface area contributed by atoms with Crippen LogP contribution in [0.5, 0.6) is 0 Å². The van der Waals surface area contributed by atoms with Crippen LogP contribution in [-0.4, -0.2) is 29.4 Å². The molecule has 5 heteroatoms. The summed E-state index contributed by atoms with van der Waals surface area (Å²) < 4.78 is 0. The molecule has 0 radical (unpaired) electrons. The Labute approximate surface area is 108 Å². The molecule has 1 amide bonds. The molecule has 0 spiro atoms. The molecule has 0 unspecified atom stereocenters. The van der Waals surface area contributed by atoms with Crippen LogP contribution in [0.3, 0.4) is 0 Å². The molecule has 0 bridgehead atoms. The Hall–Kier alpha value is -1.46. The van der Waals surface area contributed by atoms with Gasteiger partial charge in [0, 0.05) is 19.3 Å². The number of rotatable bonds is 4. The van der Waals surface area contributed by atoms with Crippen molar-refractivity contribution in [2.75, 3.05) is 13.6 Å². The van der Waals surface area contributed by atoms with Crippen molar-refractivity contribution in [1.82, 2.24) is 15.3 Å². The van der Waals surface area contributed by atoms with Crippen molar-refractivity contribution in [2.24, 2.45) is 11.3 Å². The number of hydrazine groups is 1. The first kappa shape index (κ1) is 14.6. The van der Waals surface area contributed by atoms with Gasteiger partial charge in [-0.3, -0.25) is 15.2 Å². The van der Waals surface area contributed by atoms with Gasteiger partial charge in [-0.1, -0.05) is 20.8 Å². The van der Waals surface area contributed by atoms with E-state index in [1.54, 1.807) is 12.3 Å². The van der Waals surface area contributed by atoms with Crippen LogP contribution in [-0.2, 0) is 6.54 Å². The molecule has 1 aromatic rings. The first-order valence-corrected chi connectivity index (χ1v) is 5.96. The monoisotopic (exact) mass is 250 g/mol. The number of carbonyl (C=O) groups excluding carboxylic acids is 1. The Balaban J connectivity index is 2.61. The summed E-state index contributed by atoms with van der Waals surface area (Å²) in [6.07, 6.45) is 1.54. The maximum Gasteiger partial charge on any atom is 0.266 e. The quantitative estimate of drug-likeness (QED) is 0.478. The van der Waals surface area contributed by atoms with Gasteiger partial charge in [0.2, 0.25) is 0 Å². The third-order valence-corrected chi connectivity index (χ3v) is 2.39.